The van der Waals surface area contributed by atoms with Gasteiger partial charge in [-0.1, -0.05) is 54.4 Å². The van der Waals surface area contributed by atoms with Gasteiger partial charge in [-0.3, -0.25) is 13.9 Å². The smallest absolute Gasteiger partial charge is 0.264 e. The predicted octanol–water partition coefficient (Wildman–Crippen LogP) is 6.31. The summed E-state index contributed by atoms with van der Waals surface area (Å²) in [6, 6.07) is 18.4. The van der Waals surface area contributed by atoms with Gasteiger partial charge < -0.3 is 15.0 Å². The number of para-hydroxylation sites is 1. The van der Waals surface area contributed by atoms with Crippen LogP contribution in [0.4, 0.5) is 5.69 Å². The number of anilines is 1. The number of sulfonamides is 1. The van der Waals surface area contributed by atoms with E-state index in [0.29, 0.717) is 33.7 Å². The summed E-state index contributed by atoms with van der Waals surface area (Å²) in [5.41, 5.74) is 0.188. The normalized spacial score (nSPS) is 12.4. The Bertz CT molecular complexity index is 1460. The summed E-state index contributed by atoms with van der Waals surface area (Å²) < 4.78 is 34.5. The van der Waals surface area contributed by atoms with E-state index in [1.165, 1.54) is 17.0 Å². The molecule has 0 spiro atoms. The number of hydrogen-bond donors (Lipinski definition) is 1. The first-order valence-corrected chi connectivity index (χ1v) is 15.8. The molecule has 11 heteroatoms. The van der Waals surface area contributed by atoms with Crippen LogP contribution in [0.1, 0.15) is 46.6 Å². The standard InChI is InChI=1S/C31H37Cl2N3O5S/c1-6-28(30(38)34-31(3,4)5)35(20-25-26(32)14-11-15-27(25)33)29(37)21-36(22-12-9-8-10-13-22)42(39,40)24-18-16-23(17-19-24)41-7-2/h8-19,28H,6-7,20-21H2,1-5H3,(H,34,38)/t28-/m0/s1. The number of hydrogen-bond acceptors (Lipinski definition) is 5. The lowest BCUT2D eigenvalue weighted by atomic mass is 10.1. The first-order valence-electron chi connectivity index (χ1n) is 13.6. The van der Waals surface area contributed by atoms with Crippen LogP contribution in [0.3, 0.4) is 0 Å². The van der Waals surface area contributed by atoms with Crippen molar-refractivity contribution in [3.63, 3.8) is 0 Å². The second-order valence-electron chi connectivity index (χ2n) is 10.6. The summed E-state index contributed by atoms with van der Waals surface area (Å²) in [5.74, 6) is -0.445. The molecule has 0 heterocycles. The van der Waals surface area contributed by atoms with Gasteiger partial charge in [0, 0.05) is 27.7 Å². The number of nitrogens with zero attached hydrogens (tertiary/aromatic N) is 2. The molecule has 0 radical (unpaired) electrons. The van der Waals surface area contributed by atoms with E-state index < -0.39 is 34.1 Å². The van der Waals surface area contributed by atoms with E-state index in [9.17, 15) is 18.0 Å². The van der Waals surface area contributed by atoms with Crippen LogP contribution < -0.4 is 14.4 Å². The molecule has 8 nitrogen and oxygen atoms in total. The summed E-state index contributed by atoms with van der Waals surface area (Å²) in [4.78, 5) is 28.9. The zero-order valence-electron chi connectivity index (χ0n) is 24.4. The summed E-state index contributed by atoms with van der Waals surface area (Å²) in [6.45, 7) is 8.91. The molecule has 0 aliphatic heterocycles. The molecule has 0 saturated heterocycles. The van der Waals surface area contributed by atoms with Crippen LogP contribution in [0, 0.1) is 0 Å². The van der Waals surface area contributed by atoms with Gasteiger partial charge in [-0.2, -0.15) is 0 Å². The fraction of sp³-hybridized carbons (Fsp3) is 0.355. The van der Waals surface area contributed by atoms with E-state index in [4.69, 9.17) is 27.9 Å². The molecule has 0 aliphatic carbocycles. The third-order valence-corrected chi connectivity index (χ3v) is 8.82. The molecule has 3 aromatic rings. The van der Waals surface area contributed by atoms with Gasteiger partial charge in [-0.25, -0.2) is 8.42 Å². The number of benzene rings is 3. The molecule has 0 unspecified atom stereocenters. The number of amides is 2. The lowest BCUT2D eigenvalue weighted by Crippen LogP contribution is -2.55. The molecule has 3 rings (SSSR count). The number of nitrogens with one attached hydrogen (secondary N) is 1. The topological polar surface area (TPSA) is 96.0 Å². The Hall–Kier alpha value is -3.27. The fourth-order valence-corrected chi connectivity index (χ4v) is 6.28. The molecule has 1 N–H and O–H groups in total. The van der Waals surface area contributed by atoms with Crippen LogP contribution in [0.15, 0.2) is 77.7 Å². The maximum Gasteiger partial charge on any atom is 0.264 e. The van der Waals surface area contributed by atoms with Crippen molar-refractivity contribution < 1.29 is 22.7 Å². The summed E-state index contributed by atoms with van der Waals surface area (Å²) in [7, 11) is -4.21. The average Bonchev–Trinajstić information content (AvgIpc) is 2.93. The first kappa shape index (κ1) is 33.2. The first-order chi connectivity index (χ1) is 19.8. The molecule has 3 aromatic carbocycles. The molecule has 0 saturated carbocycles. The molecular formula is C31H37Cl2N3O5S. The predicted molar refractivity (Wildman–Crippen MR) is 168 cm³/mol. The highest BCUT2D eigenvalue weighted by atomic mass is 35.5. The summed E-state index contributed by atoms with van der Waals surface area (Å²) in [5, 5.41) is 3.59. The van der Waals surface area contributed by atoms with E-state index in [-0.39, 0.29) is 23.8 Å². The highest BCUT2D eigenvalue weighted by molar-refractivity contribution is 7.92. The third-order valence-electron chi connectivity index (χ3n) is 6.32. The highest BCUT2D eigenvalue weighted by Gasteiger charge is 2.35. The number of carbonyl (C=O) groups excluding carboxylic acids is 2. The molecule has 42 heavy (non-hydrogen) atoms. The third kappa shape index (κ3) is 8.40. The van der Waals surface area contributed by atoms with Crippen LogP contribution in [0.2, 0.25) is 10.0 Å². The van der Waals surface area contributed by atoms with Crippen molar-refractivity contribution in [2.24, 2.45) is 0 Å². The zero-order chi connectivity index (χ0) is 31.1. The zero-order valence-corrected chi connectivity index (χ0v) is 26.8. The van der Waals surface area contributed by atoms with Crippen molar-refractivity contribution in [2.75, 3.05) is 17.5 Å². The van der Waals surface area contributed by atoms with Gasteiger partial charge in [0.2, 0.25) is 11.8 Å². The van der Waals surface area contributed by atoms with Crippen LogP contribution in [0.25, 0.3) is 0 Å². The molecule has 226 valence electrons. The van der Waals surface area contributed by atoms with Crippen LogP contribution in [-0.4, -0.2) is 49.9 Å². The number of ether oxygens (including phenoxy) is 1. The second-order valence-corrected chi connectivity index (χ2v) is 13.3. The number of halogens is 2. The quantitative estimate of drug-likeness (QED) is 0.252. The van der Waals surface area contributed by atoms with Crippen molar-refractivity contribution in [1.29, 1.82) is 0 Å². The van der Waals surface area contributed by atoms with E-state index in [1.807, 2.05) is 27.7 Å². The van der Waals surface area contributed by atoms with E-state index in [0.717, 1.165) is 4.31 Å². The Morgan fingerprint density at radius 2 is 1.50 bits per heavy atom. The number of carbonyl (C=O) groups is 2. The summed E-state index contributed by atoms with van der Waals surface area (Å²) in [6.07, 6.45) is 0.271. The van der Waals surface area contributed by atoms with Crippen molar-refractivity contribution in [3.05, 3.63) is 88.4 Å². The molecule has 0 fully saturated rings. The minimum atomic E-state index is -4.21. The largest absolute Gasteiger partial charge is 0.494 e. The van der Waals surface area contributed by atoms with Crippen LogP contribution in [0.5, 0.6) is 5.75 Å². The average molecular weight is 635 g/mol. The van der Waals surface area contributed by atoms with E-state index >= 15 is 0 Å². The maximum atomic E-state index is 14.2. The van der Waals surface area contributed by atoms with Crippen molar-refractivity contribution >= 4 is 50.7 Å². The van der Waals surface area contributed by atoms with Gasteiger partial charge in [-0.15, -0.1) is 0 Å². The fourth-order valence-electron chi connectivity index (χ4n) is 4.35. The number of rotatable bonds is 12. The van der Waals surface area contributed by atoms with Crippen molar-refractivity contribution in [1.82, 2.24) is 10.2 Å². The molecular weight excluding hydrogens is 597 g/mol. The van der Waals surface area contributed by atoms with Gasteiger partial charge in [0.1, 0.15) is 18.3 Å². The molecule has 0 aromatic heterocycles. The molecule has 2 amide bonds. The molecule has 0 aliphatic rings. The van der Waals surface area contributed by atoms with Crippen molar-refractivity contribution in [3.8, 4) is 5.75 Å². The minimum absolute atomic E-state index is 0.0131. The monoisotopic (exact) mass is 633 g/mol. The maximum absolute atomic E-state index is 14.2. The lowest BCUT2D eigenvalue weighted by Gasteiger charge is -2.35. The SMILES string of the molecule is CCOc1ccc(S(=O)(=O)N(CC(=O)N(Cc2c(Cl)cccc2Cl)[C@@H](CC)C(=O)NC(C)(C)C)c2ccccc2)cc1. The minimum Gasteiger partial charge on any atom is -0.494 e. The van der Waals surface area contributed by atoms with E-state index in [2.05, 4.69) is 5.32 Å². The van der Waals surface area contributed by atoms with Gasteiger partial charge in [0.05, 0.1) is 17.2 Å². The molecule has 1 atom stereocenters. The van der Waals surface area contributed by atoms with Crippen LogP contribution >= 0.6 is 23.2 Å². The van der Waals surface area contributed by atoms with E-state index in [1.54, 1.807) is 67.6 Å². The van der Waals surface area contributed by atoms with Crippen molar-refractivity contribution in [2.45, 2.75) is 64.1 Å². The molecule has 0 bridgehead atoms. The Morgan fingerprint density at radius 3 is 2.02 bits per heavy atom. The Morgan fingerprint density at radius 1 is 0.905 bits per heavy atom. The van der Waals surface area contributed by atoms with Crippen LogP contribution in [-0.2, 0) is 26.2 Å². The van der Waals surface area contributed by atoms with Gasteiger partial charge in [0.25, 0.3) is 10.0 Å². The Balaban J connectivity index is 2.08. The Labute approximate surface area is 258 Å². The van der Waals surface area contributed by atoms with Gasteiger partial charge in [-0.05, 0) is 82.6 Å². The second kappa shape index (κ2) is 14.3. The van der Waals surface area contributed by atoms with Gasteiger partial charge in [0.15, 0.2) is 0 Å². The highest BCUT2D eigenvalue weighted by Crippen LogP contribution is 2.29. The van der Waals surface area contributed by atoms with Gasteiger partial charge >= 0.3 is 0 Å². The Kier molecular flexibility index (Phi) is 11.3. The summed E-state index contributed by atoms with van der Waals surface area (Å²) >= 11 is 12.9. The lowest BCUT2D eigenvalue weighted by molar-refractivity contribution is -0.141.